The van der Waals surface area contributed by atoms with Crippen molar-refractivity contribution in [3.63, 3.8) is 0 Å². The molecule has 6 N–H and O–H groups in total. The Morgan fingerprint density at radius 2 is 1.70 bits per heavy atom. The molecule has 1 aromatic rings. The van der Waals surface area contributed by atoms with Gasteiger partial charge in [-0.1, -0.05) is 65.9 Å². The molecule has 2 rings (SSSR count). The number of alkyl halides is 3. The number of rotatable bonds is 17. The van der Waals surface area contributed by atoms with Crippen LogP contribution >= 0.6 is 0 Å². The summed E-state index contributed by atoms with van der Waals surface area (Å²) < 4.78 is 43.8. The number of carbonyl (C=O) groups excluding carboxylic acids is 2. The largest absolute Gasteiger partial charge is 0.416 e. The number of allylic oxidation sites excluding steroid dienone is 2. The molecule has 0 bridgehead atoms. The minimum atomic E-state index is -4.58. The number of halogens is 3. The third-order valence-corrected chi connectivity index (χ3v) is 8.69. The van der Waals surface area contributed by atoms with Gasteiger partial charge < -0.3 is 31.2 Å². The lowest BCUT2D eigenvalue weighted by atomic mass is 9.83. The molecule has 1 saturated heterocycles. The molecular formula is C37H64F3N7O3. The fraction of sp³-hybridized carbons (Fsp3) is 0.730. The third-order valence-electron chi connectivity index (χ3n) is 8.69. The molecule has 0 spiro atoms. The van der Waals surface area contributed by atoms with E-state index in [0.29, 0.717) is 23.4 Å². The number of H-pyrrole nitrogens is 1. The van der Waals surface area contributed by atoms with E-state index in [1.165, 1.54) is 55.9 Å². The number of amides is 2. The Morgan fingerprint density at radius 1 is 1.06 bits per heavy atom. The highest BCUT2D eigenvalue weighted by molar-refractivity contribution is 6.65. The topological polar surface area (TPSA) is 168 Å². The quantitative estimate of drug-likeness (QED) is 0.0701. The molecule has 1 aliphatic heterocycles. The average molecular weight is 712 g/mol. The lowest BCUT2D eigenvalue weighted by Crippen LogP contribution is -2.45. The predicted octanol–water partition coefficient (Wildman–Crippen LogP) is 8.96. The monoisotopic (exact) mass is 712 g/mol. The van der Waals surface area contributed by atoms with Gasteiger partial charge in [-0.3, -0.25) is 15.0 Å². The summed E-state index contributed by atoms with van der Waals surface area (Å²) >= 11 is 0. The zero-order valence-electron chi connectivity index (χ0n) is 32.1. The predicted molar refractivity (Wildman–Crippen MR) is 196 cm³/mol. The number of aromatic nitrogens is 2. The van der Waals surface area contributed by atoms with Crippen molar-refractivity contribution in [3.8, 4) is 0 Å². The zero-order valence-corrected chi connectivity index (χ0v) is 32.1. The molecule has 286 valence electrons. The van der Waals surface area contributed by atoms with Crippen LogP contribution in [0.4, 0.5) is 13.2 Å². The second kappa shape index (κ2) is 23.2. The molecule has 2 heterocycles. The molecule has 13 heteroatoms. The van der Waals surface area contributed by atoms with Crippen molar-refractivity contribution in [2.24, 2.45) is 11.8 Å². The van der Waals surface area contributed by atoms with Crippen LogP contribution in [-0.4, -0.2) is 63.8 Å². The van der Waals surface area contributed by atoms with Crippen LogP contribution in [-0.2, 0) is 14.3 Å². The first-order valence-corrected chi connectivity index (χ1v) is 18.0. The molecule has 1 fully saturated rings. The van der Waals surface area contributed by atoms with Crippen LogP contribution in [0.25, 0.3) is 0 Å². The number of imidazole rings is 1. The summed E-state index contributed by atoms with van der Waals surface area (Å²) in [5.41, 5.74) is 0.790. The van der Waals surface area contributed by atoms with Crippen LogP contribution in [0, 0.1) is 35.0 Å². The number of nitrogens with zero attached hydrogens (tertiary/aromatic N) is 1. The van der Waals surface area contributed by atoms with E-state index >= 15 is 0 Å². The van der Waals surface area contributed by atoms with E-state index in [-0.39, 0.29) is 18.0 Å². The van der Waals surface area contributed by atoms with Gasteiger partial charge >= 0.3 is 6.18 Å². The van der Waals surface area contributed by atoms with E-state index in [0.717, 1.165) is 45.4 Å². The second-order valence-corrected chi connectivity index (χ2v) is 13.6. The molecule has 10 nitrogen and oxygen atoms in total. The van der Waals surface area contributed by atoms with Crippen LogP contribution in [0.1, 0.15) is 144 Å². The molecule has 0 saturated carbocycles. The summed E-state index contributed by atoms with van der Waals surface area (Å²) in [5.74, 6) is 1.18. The van der Waals surface area contributed by atoms with Crippen LogP contribution in [0.2, 0.25) is 0 Å². The van der Waals surface area contributed by atoms with Crippen molar-refractivity contribution in [1.82, 2.24) is 20.6 Å². The Labute approximate surface area is 298 Å². The van der Waals surface area contributed by atoms with E-state index < -0.39 is 36.0 Å². The molecule has 2 amide bonds. The van der Waals surface area contributed by atoms with Gasteiger partial charge in [0, 0.05) is 18.7 Å². The lowest BCUT2D eigenvalue weighted by Gasteiger charge is -2.30. The molecule has 1 aliphatic rings. The van der Waals surface area contributed by atoms with Gasteiger partial charge in [-0.2, -0.15) is 13.2 Å². The van der Waals surface area contributed by atoms with E-state index in [4.69, 9.17) is 21.0 Å². The molecule has 3 atom stereocenters. The smallest absolute Gasteiger partial charge is 0.364 e. The van der Waals surface area contributed by atoms with Gasteiger partial charge in [-0.25, -0.2) is 4.98 Å². The van der Waals surface area contributed by atoms with E-state index in [1.807, 2.05) is 6.92 Å². The molecular weight excluding hydrogens is 647 g/mol. The fourth-order valence-electron chi connectivity index (χ4n) is 5.19. The maximum absolute atomic E-state index is 12.9. The number of ether oxygens (including phenoxy) is 1. The van der Waals surface area contributed by atoms with Gasteiger partial charge in [0.15, 0.2) is 5.60 Å². The van der Waals surface area contributed by atoms with Crippen LogP contribution in [0.15, 0.2) is 17.3 Å². The average Bonchev–Trinajstić information content (AvgIpc) is 3.49. The molecule has 1 aromatic heterocycles. The highest BCUT2D eigenvalue weighted by atomic mass is 19.4. The Kier molecular flexibility index (Phi) is 21.6. The van der Waals surface area contributed by atoms with Gasteiger partial charge in [0.2, 0.25) is 5.91 Å². The maximum atomic E-state index is 12.9. The molecule has 0 aliphatic carbocycles. The number of nitrogens with one attached hydrogen (secondary N) is 6. The first-order valence-electron chi connectivity index (χ1n) is 18.0. The van der Waals surface area contributed by atoms with E-state index in [9.17, 15) is 22.8 Å². The summed E-state index contributed by atoms with van der Waals surface area (Å²) in [6.07, 6.45) is 7.52. The van der Waals surface area contributed by atoms with Gasteiger partial charge in [-0.05, 0) is 84.1 Å². The molecule has 0 radical (unpaired) electrons. The number of aryl methyl sites for hydroxylation is 1. The highest BCUT2D eigenvalue weighted by Gasteiger charge is 2.49. The zero-order chi connectivity index (χ0) is 38.7. The number of aromatic amines is 1. The van der Waals surface area contributed by atoms with Crippen LogP contribution < -0.4 is 10.6 Å². The van der Waals surface area contributed by atoms with Crippen molar-refractivity contribution >= 4 is 28.9 Å². The van der Waals surface area contributed by atoms with E-state index in [2.05, 4.69) is 55.2 Å². The lowest BCUT2D eigenvalue weighted by molar-refractivity contribution is -0.265. The SMILES string of the molecule is CC1CCC(=O)NC1.CCC(=N)C(=N)C(=O)NC(COC(C)(C)C(F)(F)F)c1cnc(C)[nH]1.CCCCCC(CCC)C(C(C)=N)=C(C)CC. The Morgan fingerprint density at radius 3 is 2.12 bits per heavy atom. The summed E-state index contributed by atoms with van der Waals surface area (Å²) in [5, 5.41) is 28.4. The first kappa shape index (κ1) is 46.6. The van der Waals surface area contributed by atoms with E-state index in [1.54, 1.807) is 13.8 Å². The molecule has 0 aromatic carbocycles. The Bertz CT molecular complexity index is 1260. The number of hydrogen-bond acceptors (Lipinski definition) is 7. The number of carbonyl (C=O) groups is 2. The Balaban J connectivity index is 0.000000821. The second-order valence-electron chi connectivity index (χ2n) is 13.6. The summed E-state index contributed by atoms with van der Waals surface area (Å²) in [4.78, 5) is 29.3. The summed E-state index contributed by atoms with van der Waals surface area (Å²) in [7, 11) is 0. The van der Waals surface area contributed by atoms with Gasteiger partial charge in [0.1, 0.15) is 11.5 Å². The highest BCUT2D eigenvalue weighted by Crippen LogP contribution is 2.33. The molecule has 50 heavy (non-hydrogen) atoms. The third kappa shape index (κ3) is 17.0. The first-order chi connectivity index (χ1) is 23.3. The van der Waals surface area contributed by atoms with Crippen molar-refractivity contribution in [2.75, 3.05) is 13.2 Å². The summed E-state index contributed by atoms with van der Waals surface area (Å²) in [6, 6.07) is -0.972. The van der Waals surface area contributed by atoms with Crippen molar-refractivity contribution < 1.29 is 27.5 Å². The number of piperidine rings is 1. The normalized spacial score (nSPS) is 16.3. The number of hydrogen-bond donors (Lipinski definition) is 6. The Hall–Kier alpha value is -3.35. The van der Waals surface area contributed by atoms with Crippen molar-refractivity contribution in [1.29, 1.82) is 16.2 Å². The number of unbranched alkanes of at least 4 members (excludes halogenated alkanes) is 2. The van der Waals surface area contributed by atoms with Crippen molar-refractivity contribution in [2.45, 2.75) is 151 Å². The minimum absolute atomic E-state index is 0.173. The van der Waals surface area contributed by atoms with Gasteiger partial charge in [0.05, 0.1) is 30.3 Å². The standard InChI is InChI=1S/C16H31N.C15H22F3N5O2.C6H11NO/c1-6-9-10-12-15(11-7-2)16(14(5)17)13(4)8-3;1-5-9(19)12(20)13(24)23-11(10-6-21-8(2)22-10)7-25-14(3,4)15(16,17)18;1-5-2-3-6(8)7-4-5/h15,17H,6-12H2,1-5H3;6,11,19-20H,5,7H2,1-4H3,(H,21,22)(H,23,24);5H,2-4H2,1H3,(H,7,8). The maximum Gasteiger partial charge on any atom is 0.416 e. The summed E-state index contributed by atoms with van der Waals surface area (Å²) in [6.45, 7) is 18.5. The van der Waals surface area contributed by atoms with Crippen LogP contribution in [0.3, 0.4) is 0 Å². The minimum Gasteiger partial charge on any atom is -0.364 e. The molecule has 3 unspecified atom stereocenters. The van der Waals surface area contributed by atoms with Crippen molar-refractivity contribution in [3.05, 3.63) is 28.9 Å². The van der Waals surface area contributed by atoms with Gasteiger partial charge in [0.25, 0.3) is 5.91 Å². The van der Waals surface area contributed by atoms with Gasteiger partial charge in [-0.15, -0.1) is 0 Å². The fourth-order valence-corrected chi connectivity index (χ4v) is 5.19. The van der Waals surface area contributed by atoms with Crippen LogP contribution in [0.5, 0.6) is 0 Å².